The van der Waals surface area contributed by atoms with E-state index in [9.17, 15) is 9.90 Å². The van der Waals surface area contributed by atoms with Crippen LogP contribution in [0.1, 0.15) is 38.3 Å². The first-order chi connectivity index (χ1) is 11.6. The first kappa shape index (κ1) is 17.3. The standard InChI is InChI=1S/C16H22N4O2S2/c1-9-14(24-16(17-9)18-10(2)22)13-8-23-15(20-13)19-12-6-4-3-5-11(12)7-21/h8,11-12,21H,3-7H2,1-2H3,(H,19,20)(H,17,18,22)/t11-,12-/m0/s1. The lowest BCUT2D eigenvalue weighted by Gasteiger charge is -2.30. The third-order valence-electron chi connectivity index (χ3n) is 4.27. The van der Waals surface area contributed by atoms with Crippen molar-refractivity contribution in [3.8, 4) is 10.6 Å². The largest absolute Gasteiger partial charge is 0.396 e. The van der Waals surface area contributed by atoms with E-state index in [0.717, 1.165) is 34.2 Å². The number of nitrogens with one attached hydrogen (secondary N) is 2. The summed E-state index contributed by atoms with van der Waals surface area (Å²) < 4.78 is 0. The number of nitrogens with zero attached hydrogens (tertiary/aromatic N) is 2. The van der Waals surface area contributed by atoms with Gasteiger partial charge < -0.3 is 15.7 Å². The normalized spacial score (nSPS) is 20.8. The Kier molecular flexibility index (Phi) is 5.47. The van der Waals surface area contributed by atoms with Crippen LogP contribution in [0.5, 0.6) is 0 Å². The molecule has 2 heterocycles. The van der Waals surface area contributed by atoms with Gasteiger partial charge in [-0.05, 0) is 19.8 Å². The van der Waals surface area contributed by atoms with Crippen LogP contribution in [0.2, 0.25) is 0 Å². The molecule has 8 heteroatoms. The summed E-state index contributed by atoms with van der Waals surface area (Å²) >= 11 is 3.01. The summed E-state index contributed by atoms with van der Waals surface area (Å²) in [6.07, 6.45) is 4.53. The van der Waals surface area contributed by atoms with Crippen molar-refractivity contribution >= 4 is 38.8 Å². The average Bonchev–Trinajstić information content (AvgIpc) is 3.14. The Balaban J connectivity index is 1.73. The number of hydrogen-bond donors (Lipinski definition) is 3. The molecule has 0 spiro atoms. The van der Waals surface area contributed by atoms with Gasteiger partial charge in [0.15, 0.2) is 10.3 Å². The summed E-state index contributed by atoms with van der Waals surface area (Å²) in [6.45, 7) is 3.62. The molecule has 1 fully saturated rings. The van der Waals surface area contributed by atoms with Gasteiger partial charge in [0, 0.05) is 30.9 Å². The predicted molar refractivity (Wildman–Crippen MR) is 98.7 cm³/mol. The minimum absolute atomic E-state index is 0.122. The molecule has 0 bridgehead atoms. The monoisotopic (exact) mass is 366 g/mol. The number of carbonyl (C=O) groups excluding carboxylic acids is 1. The highest BCUT2D eigenvalue weighted by atomic mass is 32.1. The van der Waals surface area contributed by atoms with Gasteiger partial charge >= 0.3 is 0 Å². The number of thiazole rings is 2. The number of aryl methyl sites for hydroxylation is 1. The van der Waals surface area contributed by atoms with Crippen molar-refractivity contribution in [1.82, 2.24) is 9.97 Å². The van der Waals surface area contributed by atoms with E-state index in [1.807, 2.05) is 12.3 Å². The lowest BCUT2D eigenvalue weighted by Crippen LogP contribution is -2.34. The van der Waals surface area contributed by atoms with E-state index < -0.39 is 0 Å². The SMILES string of the molecule is CC(=O)Nc1nc(C)c(-c2csc(N[C@H]3CCCC[C@H]3CO)n2)s1. The Morgan fingerprint density at radius 3 is 2.88 bits per heavy atom. The number of aliphatic hydroxyl groups is 1. The number of hydrogen-bond acceptors (Lipinski definition) is 7. The van der Waals surface area contributed by atoms with Gasteiger partial charge in [-0.25, -0.2) is 9.97 Å². The first-order valence-electron chi connectivity index (χ1n) is 8.15. The maximum Gasteiger partial charge on any atom is 0.223 e. The maximum atomic E-state index is 11.2. The number of rotatable bonds is 5. The van der Waals surface area contributed by atoms with Gasteiger partial charge in [-0.3, -0.25) is 4.79 Å². The number of anilines is 2. The molecule has 2 aromatic rings. The fraction of sp³-hybridized carbons (Fsp3) is 0.562. The molecule has 24 heavy (non-hydrogen) atoms. The molecule has 3 rings (SSSR count). The van der Waals surface area contributed by atoms with E-state index in [0.29, 0.717) is 17.1 Å². The molecule has 0 radical (unpaired) electrons. The van der Waals surface area contributed by atoms with E-state index in [2.05, 4.69) is 20.6 Å². The van der Waals surface area contributed by atoms with Crippen molar-refractivity contribution in [2.24, 2.45) is 5.92 Å². The third kappa shape index (κ3) is 3.93. The van der Waals surface area contributed by atoms with E-state index >= 15 is 0 Å². The zero-order chi connectivity index (χ0) is 17.1. The molecule has 6 nitrogen and oxygen atoms in total. The summed E-state index contributed by atoms with van der Waals surface area (Å²) in [7, 11) is 0. The van der Waals surface area contributed by atoms with Gasteiger partial charge in [-0.15, -0.1) is 11.3 Å². The summed E-state index contributed by atoms with van der Waals surface area (Å²) in [4.78, 5) is 21.2. The van der Waals surface area contributed by atoms with Crippen molar-refractivity contribution in [3.63, 3.8) is 0 Å². The van der Waals surface area contributed by atoms with Crippen LogP contribution in [0.4, 0.5) is 10.3 Å². The number of aliphatic hydroxyl groups excluding tert-OH is 1. The highest BCUT2D eigenvalue weighted by molar-refractivity contribution is 7.19. The van der Waals surface area contributed by atoms with Crippen LogP contribution in [0.15, 0.2) is 5.38 Å². The van der Waals surface area contributed by atoms with Crippen LogP contribution < -0.4 is 10.6 Å². The minimum Gasteiger partial charge on any atom is -0.396 e. The number of carbonyl (C=O) groups is 1. The van der Waals surface area contributed by atoms with Crippen molar-refractivity contribution in [2.45, 2.75) is 45.6 Å². The Hall–Kier alpha value is -1.51. The van der Waals surface area contributed by atoms with Crippen LogP contribution in [0.3, 0.4) is 0 Å². The van der Waals surface area contributed by atoms with Gasteiger partial charge in [0.2, 0.25) is 5.91 Å². The fourth-order valence-corrected chi connectivity index (χ4v) is 4.87. The Morgan fingerprint density at radius 1 is 1.33 bits per heavy atom. The molecule has 130 valence electrons. The van der Waals surface area contributed by atoms with E-state index in [-0.39, 0.29) is 12.5 Å². The average molecular weight is 367 g/mol. The summed E-state index contributed by atoms with van der Waals surface area (Å²) in [6, 6.07) is 0.292. The lowest BCUT2D eigenvalue weighted by molar-refractivity contribution is -0.114. The summed E-state index contributed by atoms with van der Waals surface area (Å²) in [5, 5.41) is 19.2. The molecule has 3 N–H and O–H groups in total. The van der Waals surface area contributed by atoms with Crippen molar-refractivity contribution in [1.29, 1.82) is 0 Å². The van der Waals surface area contributed by atoms with Gasteiger partial charge in [-0.1, -0.05) is 24.2 Å². The van der Waals surface area contributed by atoms with Crippen LogP contribution in [-0.2, 0) is 4.79 Å². The second-order valence-corrected chi connectivity index (χ2v) is 7.99. The van der Waals surface area contributed by atoms with Crippen LogP contribution in [0, 0.1) is 12.8 Å². The van der Waals surface area contributed by atoms with Crippen molar-refractivity contribution < 1.29 is 9.90 Å². The zero-order valence-corrected chi connectivity index (χ0v) is 15.5. The maximum absolute atomic E-state index is 11.2. The molecule has 1 aliphatic rings. The molecule has 1 aliphatic carbocycles. The molecule has 0 unspecified atom stereocenters. The minimum atomic E-state index is -0.122. The van der Waals surface area contributed by atoms with Gasteiger partial charge in [-0.2, -0.15) is 0 Å². The van der Waals surface area contributed by atoms with Gasteiger partial charge in [0.1, 0.15) is 0 Å². The van der Waals surface area contributed by atoms with Gasteiger partial charge in [0.25, 0.3) is 0 Å². The zero-order valence-electron chi connectivity index (χ0n) is 13.8. The van der Waals surface area contributed by atoms with E-state index in [1.165, 1.54) is 31.1 Å². The second-order valence-electron chi connectivity index (χ2n) is 6.13. The third-order valence-corrected chi connectivity index (χ3v) is 6.14. The Labute approximate surface area is 149 Å². The van der Waals surface area contributed by atoms with Gasteiger partial charge in [0.05, 0.1) is 16.3 Å². The second kappa shape index (κ2) is 7.58. The molecule has 2 atom stereocenters. The molecule has 1 saturated carbocycles. The molecule has 0 saturated heterocycles. The molecular weight excluding hydrogens is 344 g/mol. The summed E-state index contributed by atoms with van der Waals surface area (Å²) in [5.41, 5.74) is 1.75. The molecule has 0 aromatic carbocycles. The van der Waals surface area contributed by atoms with Crippen molar-refractivity contribution in [3.05, 3.63) is 11.1 Å². The predicted octanol–water partition coefficient (Wildman–Crippen LogP) is 3.50. The van der Waals surface area contributed by atoms with Crippen LogP contribution in [0.25, 0.3) is 10.6 Å². The quantitative estimate of drug-likeness (QED) is 0.754. The number of aromatic nitrogens is 2. The first-order valence-corrected chi connectivity index (χ1v) is 9.84. The highest BCUT2D eigenvalue weighted by Crippen LogP contribution is 2.35. The van der Waals surface area contributed by atoms with E-state index in [1.54, 1.807) is 11.3 Å². The number of amides is 1. The Bertz CT molecular complexity index is 713. The van der Waals surface area contributed by atoms with Crippen molar-refractivity contribution in [2.75, 3.05) is 17.2 Å². The highest BCUT2D eigenvalue weighted by Gasteiger charge is 2.25. The fourth-order valence-electron chi connectivity index (χ4n) is 3.06. The smallest absolute Gasteiger partial charge is 0.223 e. The Morgan fingerprint density at radius 2 is 2.12 bits per heavy atom. The molecular formula is C16H22N4O2S2. The topological polar surface area (TPSA) is 87.1 Å². The molecule has 0 aliphatic heterocycles. The van der Waals surface area contributed by atoms with Crippen LogP contribution >= 0.6 is 22.7 Å². The van der Waals surface area contributed by atoms with E-state index in [4.69, 9.17) is 0 Å². The lowest BCUT2D eigenvalue weighted by atomic mass is 9.85. The summed E-state index contributed by atoms with van der Waals surface area (Å²) in [5.74, 6) is 0.186. The van der Waals surface area contributed by atoms with Crippen LogP contribution in [-0.4, -0.2) is 33.6 Å². The molecule has 1 amide bonds. The molecule has 2 aromatic heterocycles.